The number of carbonyl (C=O) groups excluding carboxylic acids is 1. The van der Waals surface area contributed by atoms with Gasteiger partial charge in [0.15, 0.2) is 0 Å². The van der Waals surface area contributed by atoms with Gasteiger partial charge in [-0.1, -0.05) is 29.8 Å². The van der Waals surface area contributed by atoms with Crippen LogP contribution in [0.15, 0.2) is 36.5 Å². The van der Waals surface area contributed by atoms with Crippen molar-refractivity contribution in [3.8, 4) is 0 Å². The number of hydrogen-bond acceptors (Lipinski definition) is 3. The first-order valence-corrected chi connectivity index (χ1v) is 8.99. The summed E-state index contributed by atoms with van der Waals surface area (Å²) in [5, 5.41) is 15.2. The fourth-order valence-electron chi connectivity index (χ4n) is 3.56. The average molecular weight is 341 g/mol. The minimum atomic E-state index is -0.733. The minimum absolute atomic E-state index is 0.00352. The maximum Gasteiger partial charge on any atom is 0.272 e. The van der Waals surface area contributed by atoms with Gasteiger partial charge in [-0.25, -0.2) is 0 Å². The molecule has 0 unspecified atom stereocenters. The van der Waals surface area contributed by atoms with Crippen LogP contribution in [0, 0.1) is 6.92 Å². The molecule has 25 heavy (non-hydrogen) atoms. The Kier molecular flexibility index (Phi) is 4.95. The van der Waals surface area contributed by atoms with Crippen molar-refractivity contribution in [3.63, 3.8) is 0 Å². The molecule has 1 aliphatic rings. The predicted octanol–water partition coefficient (Wildman–Crippen LogP) is 2.98. The summed E-state index contributed by atoms with van der Waals surface area (Å²) in [7, 11) is 0. The van der Waals surface area contributed by atoms with Crippen molar-refractivity contribution in [1.29, 1.82) is 0 Å². The lowest BCUT2D eigenvalue weighted by molar-refractivity contribution is -0.0165. The number of piperidine rings is 1. The van der Waals surface area contributed by atoms with E-state index < -0.39 is 5.60 Å². The number of aryl methyl sites for hydroxylation is 1. The second kappa shape index (κ2) is 7.00. The SMILES string of the molecule is Cc1cccc(CC2(O)CCN(C(=O)c3ccnn3C(C)C)CC2)c1. The van der Waals surface area contributed by atoms with E-state index in [0.717, 1.165) is 5.56 Å². The largest absolute Gasteiger partial charge is 0.389 e. The van der Waals surface area contributed by atoms with Crippen molar-refractivity contribution in [1.82, 2.24) is 14.7 Å². The van der Waals surface area contributed by atoms with Crippen molar-refractivity contribution >= 4 is 5.91 Å². The second-order valence-corrected chi connectivity index (χ2v) is 7.44. The number of amides is 1. The first-order valence-electron chi connectivity index (χ1n) is 8.99. The molecule has 0 aliphatic carbocycles. The van der Waals surface area contributed by atoms with Gasteiger partial charge in [0, 0.05) is 31.7 Å². The van der Waals surface area contributed by atoms with Crippen LogP contribution >= 0.6 is 0 Å². The number of aromatic nitrogens is 2. The molecule has 3 rings (SSSR count). The molecule has 5 heteroatoms. The maximum absolute atomic E-state index is 12.8. The standard InChI is InChI=1S/C20H27N3O2/c1-15(2)23-18(7-10-21-23)19(24)22-11-8-20(25,9-12-22)14-17-6-4-5-16(3)13-17/h4-7,10,13,15,25H,8-9,11-12,14H2,1-3H3. The van der Waals surface area contributed by atoms with Crippen LogP contribution in [-0.2, 0) is 6.42 Å². The van der Waals surface area contributed by atoms with E-state index in [4.69, 9.17) is 0 Å². The van der Waals surface area contributed by atoms with Crippen LogP contribution in [0.3, 0.4) is 0 Å². The molecule has 1 amide bonds. The van der Waals surface area contributed by atoms with Gasteiger partial charge in [-0.2, -0.15) is 5.10 Å². The van der Waals surface area contributed by atoms with Crippen LogP contribution in [-0.4, -0.2) is 44.4 Å². The molecule has 2 aromatic rings. The summed E-state index contributed by atoms with van der Waals surface area (Å²) in [4.78, 5) is 14.6. The van der Waals surface area contributed by atoms with Gasteiger partial charge in [0.1, 0.15) is 5.69 Å². The molecule has 1 saturated heterocycles. The maximum atomic E-state index is 12.8. The summed E-state index contributed by atoms with van der Waals surface area (Å²) < 4.78 is 1.76. The summed E-state index contributed by atoms with van der Waals surface area (Å²) in [5.74, 6) is 0.00352. The lowest BCUT2D eigenvalue weighted by Crippen LogP contribution is -2.48. The van der Waals surface area contributed by atoms with E-state index in [9.17, 15) is 9.90 Å². The van der Waals surface area contributed by atoms with Gasteiger partial charge in [0.2, 0.25) is 0 Å². The average Bonchev–Trinajstić information content (AvgIpc) is 3.04. The van der Waals surface area contributed by atoms with Crippen molar-refractivity contribution in [2.75, 3.05) is 13.1 Å². The van der Waals surface area contributed by atoms with Gasteiger partial charge in [-0.3, -0.25) is 9.48 Å². The summed E-state index contributed by atoms with van der Waals surface area (Å²) in [6.07, 6.45) is 3.51. The Morgan fingerprint density at radius 1 is 1.28 bits per heavy atom. The molecular weight excluding hydrogens is 314 g/mol. The van der Waals surface area contributed by atoms with E-state index in [1.807, 2.05) is 24.8 Å². The van der Waals surface area contributed by atoms with Crippen molar-refractivity contribution in [2.45, 2.75) is 51.7 Å². The van der Waals surface area contributed by atoms with Gasteiger partial charge in [-0.15, -0.1) is 0 Å². The van der Waals surface area contributed by atoms with Gasteiger partial charge >= 0.3 is 0 Å². The Labute approximate surface area is 149 Å². The fourth-order valence-corrected chi connectivity index (χ4v) is 3.56. The molecule has 1 N–H and O–H groups in total. The van der Waals surface area contributed by atoms with Gasteiger partial charge in [-0.05, 0) is 45.2 Å². The predicted molar refractivity (Wildman–Crippen MR) is 97.6 cm³/mol. The first-order chi connectivity index (χ1) is 11.9. The van der Waals surface area contributed by atoms with E-state index in [1.54, 1.807) is 16.9 Å². The van der Waals surface area contributed by atoms with Crippen LogP contribution in [0.2, 0.25) is 0 Å². The molecule has 0 atom stereocenters. The lowest BCUT2D eigenvalue weighted by atomic mass is 9.85. The number of rotatable bonds is 4. The number of benzene rings is 1. The lowest BCUT2D eigenvalue weighted by Gasteiger charge is -2.38. The highest BCUT2D eigenvalue weighted by molar-refractivity contribution is 5.92. The number of likely N-dealkylation sites (tertiary alicyclic amines) is 1. The molecule has 2 heterocycles. The van der Waals surface area contributed by atoms with E-state index in [2.05, 4.69) is 30.2 Å². The topological polar surface area (TPSA) is 58.4 Å². The van der Waals surface area contributed by atoms with Crippen LogP contribution in [0.25, 0.3) is 0 Å². The second-order valence-electron chi connectivity index (χ2n) is 7.44. The molecule has 5 nitrogen and oxygen atoms in total. The van der Waals surface area contributed by atoms with Gasteiger partial charge in [0.05, 0.1) is 5.60 Å². The molecule has 0 spiro atoms. The molecule has 1 fully saturated rings. The molecule has 134 valence electrons. The Hall–Kier alpha value is -2.14. The van der Waals surface area contributed by atoms with Crippen molar-refractivity contribution in [2.24, 2.45) is 0 Å². The molecule has 0 radical (unpaired) electrons. The Morgan fingerprint density at radius 2 is 2.00 bits per heavy atom. The van der Waals surface area contributed by atoms with Crippen LogP contribution in [0.1, 0.15) is 54.3 Å². The third-order valence-corrected chi connectivity index (χ3v) is 4.98. The van der Waals surface area contributed by atoms with Crippen LogP contribution in [0.4, 0.5) is 0 Å². The van der Waals surface area contributed by atoms with E-state index in [0.29, 0.717) is 38.0 Å². The highest BCUT2D eigenvalue weighted by Crippen LogP contribution is 2.27. The summed E-state index contributed by atoms with van der Waals surface area (Å²) in [6, 6.07) is 10.2. The quantitative estimate of drug-likeness (QED) is 0.930. The highest BCUT2D eigenvalue weighted by Gasteiger charge is 2.35. The number of aliphatic hydroxyl groups is 1. The van der Waals surface area contributed by atoms with Gasteiger partial charge < -0.3 is 10.0 Å². The van der Waals surface area contributed by atoms with Crippen molar-refractivity contribution in [3.05, 3.63) is 53.3 Å². The zero-order valence-electron chi connectivity index (χ0n) is 15.3. The zero-order chi connectivity index (χ0) is 18.0. The normalized spacial score (nSPS) is 17.1. The Bertz CT molecular complexity index is 743. The summed E-state index contributed by atoms with van der Waals surface area (Å²) in [5.41, 5.74) is 2.25. The van der Waals surface area contributed by atoms with Crippen LogP contribution in [0.5, 0.6) is 0 Å². The molecule has 1 aromatic heterocycles. The zero-order valence-corrected chi connectivity index (χ0v) is 15.3. The summed E-state index contributed by atoms with van der Waals surface area (Å²) in [6.45, 7) is 7.24. The Balaban J connectivity index is 1.65. The van der Waals surface area contributed by atoms with E-state index in [-0.39, 0.29) is 11.9 Å². The highest BCUT2D eigenvalue weighted by atomic mass is 16.3. The molecule has 0 saturated carbocycles. The monoisotopic (exact) mass is 341 g/mol. The number of carbonyl (C=O) groups is 1. The molecule has 1 aliphatic heterocycles. The minimum Gasteiger partial charge on any atom is -0.389 e. The number of hydrogen-bond donors (Lipinski definition) is 1. The Morgan fingerprint density at radius 3 is 2.64 bits per heavy atom. The molecular formula is C20H27N3O2. The summed E-state index contributed by atoms with van der Waals surface area (Å²) >= 11 is 0. The van der Waals surface area contributed by atoms with E-state index >= 15 is 0 Å². The smallest absolute Gasteiger partial charge is 0.272 e. The molecule has 1 aromatic carbocycles. The first kappa shape index (κ1) is 17.7. The van der Waals surface area contributed by atoms with Gasteiger partial charge in [0.25, 0.3) is 5.91 Å². The third kappa shape index (κ3) is 3.93. The molecule has 0 bridgehead atoms. The number of nitrogens with zero attached hydrogens (tertiary/aromatic N) is 3. The van der Waals surface area contributed by atoms with Crippen molar-refractivity contribution < 1.29 is 9.90 Å². The fraction of sp³-hybridized carbons (Fsp3) is 0.500. The van der Waals surface area contributed by atoms with E-state index in [1.165, 1.54) is 5.56 Å². The third-order valence-electron chi connectivity index (χ3n) is 4.98. The van der Waals surface area contributed by atoms with Crippen LogP contribution < -0.4 is 0 Å².